The summed E-state index contributed by atoms with van der Waals surface area (Å²) in [6.45, 7) is 0.493. The van der Waals surface area contributed by atoms with Crippen molar-refractivity contribution in [1.82, 2.24) is 15.5 Å². The summed E-state index contributed by atoms with van der Waals surface area (Å²) in [7, 11) is 1.74. The zero-order valence-electron chi connectivity index (χ0n) is 9.02. The molecule has 0 amide bonds. The Morgan fingerprint density at radius 1 is 1.24 bits per heavy atom. The normalized spacial score (nSPS) is 10.8. The van der Waals surface area contributed by atoms with E-state index in [-0.39, 0.29) is 5.56 Å². The molecule has 2 N–H and O–H groups in total. The summed E-state index contributed by atoms with van der Waals surface area (Å²) in [5.74, 6) is -3.90. The zero-order chi connectivity index (χ0) is 12.4. The lowest BCUT2D eigenvalue weighted by Gasteiger charge is -2.04. The van der Waals surface area contributed by atoms with E-state index in [1.54, 1.807) is 13.2 Å². The van der Waals surface area contributed by atoms with Gasteiger partial charge in [-0.05, 0) is 19.2 Å². The molecule has 0 saturated carbocycles. The molecule has 0 saturated heterocycles. The van der Waals surface area contributed by atoms with Gasteiger partial charge in [0.15, 0.2) is 17.5 Å². The molecule has 0 atom stereocenters. The van der Waals surface area contributed by atoms with Crippen LogP contribution >= 0.6 is 0 Å². The van der Waals surface area contributed by atoms with Gasteiger partial charge in [-0.25, -0.2) is 13.2 Å². The Kier molecular flexibility index (Phi) is 3.14. The van der Waals surface area contributed by atoms with E-state index in [4.69, 9.17) is 0 Å². The van der Waals surface area contributed by atoms with Crippen LogP contribution < -0.4 is 5.32 Å². The van der Waals surface area contributed by atoms with E-state index in [0.29, 0.717) is 12.2 Å². The average Bonchev–Trinajstić information content (AvgIpc) is 2.74. The van der Waals surface area contributed by atoms with Gasteiger partial charge in [0.25, 0.3) is 0 Å². The number of hydrogen-bond acceptors (Lipinski definition) is 2. The Morgan fingerprint density at radius 2 is 1.88 bits per heavy atom. The van der Waals surface area contributed by atoms with E-state index in [1.807, 2.05) is 0 Å². The van der Waals surface area contributed by atoms with Crippen molar-refractivity contribution in [3.8, 4) is 11.3 Å². The summed E-state index contributed by atoms with van der Waals surface area (Å²) in [5.41, 5.74) is 1.44. The van der Waals surface area contributed by atoms with E-state index in [9.17, 15) is 13.2 Å². The van der Waals surface area contributed by atoms with Crippen LogP contribution in [0.5, 0.6) is 0 Å². The zero-order valence-corrected chi connectivity index (χ0v) is 9.02. The summed E-state index contributed by atoms with van der Waals surface area (Å²) in [6.07, 6.45) is 1.55. The van der Waals surface area contributed by atoms with Gasteiger partial charge in [-0.1, -0.05) is 0 Å². The molecule has 0 radical (unpaired) electrons. The molecule has 1 aromatic carbocycles. The van der Waals surface area contributed by atoms with Gasteiger partial charge < -0.3 is 5.32 Å². The summed E-state index contributed by atoms with van der Waals surface area (Å²) >= 11 is 0. The second-order valence-corrected chi connectivity index (χ2v) is 3.55. The maximum absolute atomic E-state index is 13.1. The molecule has 6 heteroatoms. The second kappa shape index (κ2) is 4.58. The summed E-state index contributed by atoms with van der Waals surface area (Å²) in [5, 5.41) is 9.33. The highest BCUT2D eigenvalue weighted by molar-refractivity contribution is 5.62. The van der Waals surface area contributed by atoms with Crippen LogP contribution in [0.15, 0.2) is 18.3 Å². The Hall–Kier alpha value is -1.82. The van der Waals surface area contributed by atoms with Crippen LogP contribution in [-0.2, 0) is 6.54 Å². The van der Waals surface area contributed by atoms with Gasteiger partial charge in [0.2, 0.25) is 0 Å². The van der Waals surface area contributed by atoms with Crippen molar-refractivity contribution in [2.45, 2.75) is 6.54 Å². The number of nitrogens with zero attached hydrogens (tertiary/aromatic N) is 1. The Balaban J connectivity index is 2.49. The predicted octanol–water partition coefficient (Wildman–Crippen LogP) is 2.21. The minimum atomic E-state index is -1.47. The molecule has 1 heterocycles. The largest absolute Gasteiger partial charge is 0.316 e. The Bertz CT molecular complexity index is 514. The van der Waals surface area contributed by atoms with Crippen LogP contribution in [0, 0.1) is 17.5 Å². The molecular formula is C11H10F3N3. The van der Waals surface area contributed by atoms with Gasteiger partial charge in [0, 0.05) is 17.7 Å². The van der Waals surface area contributed by atoms with Crippen LogP contribution in [0.4, 0.5) is 13.2 Å². The SMILES string of the molecule is CNCc1cn[nH]c1-c1cc(F)c(F)c(F)c1. The van der Waals surface area contributed by atoms with Gasteiger partial charge in [0.05, 0.1) is 11.9 Å². The highest BCUT2D eigenvalue weighted by Crippen LogP contribution is 2.24. The number of H-pyrrole nitrogens is 1. The molecule has 1 aromatic heterocycles. The van der Waals surface area contributed by atoms with E-state index in [1.165, 1.54) is 0 Å². The molecule has 2 aromatic rings. The average molecular weight is 241 g/mol. The topological polar surface area (TPSA) is 40.7 Å². The standard InChI is InChI=1S/C11H10F3N3/c1-15-4-7-5-16-17-11(7)6-2-8(12)10(14)9(13)3-6/h2-3,5,15H,4H2,1H3,(H,16,17). The van der Waals surface area contributed by atoms with Crippen molar-refractivity contribution in [2.24, 2.45) is 0 Å². The predicted molar refractivity (Wildman–Crippen MR) is 56.7 cm³/mol. The fourth-order valence-corrected chi connectivity index (χ4v) is 1.59. The molecule has 0 spiro atoms. The molecule has 0 aliphatic carbocycles. The maximum atomic E-state index is 13.1. The molecule has 0 aliphatic heterocycles. The smallest absolute Gasteiger partial charge is 0.194 e. The molecule has 0 unspecified atom stereocenters. The highest BCUT2D eigenvalue weighted by Gasteiger charge is 2.14. The molecule has 0 fully saturated rings. The van der Waals surface area contributed by atoms with Gasteiger partial charge in [-0.2, -0.15) is 5.10 Å². The van der Waals surface area contributed by atoms with Gasteiger partial charge in [-0.3, -0.25) is 5.10 Å². The van der Waals surface area contributed by atoms with E-state index in [2.05, 4.69) is 15.5 Å². The number of benzene rings is 1. The third-order valence-corrected chi connectivity index (χ3v) is 2.36. The highest BCUT2D eigenvalue weighted by atomic mass is 19.2. The molecule has 17 heavy (non-hydrogen) atoms. The van der Waals surface area contributed by atoms with E-state index >= 15 is 0 Å². The number of halogens is 3. The Labute approximate surface area is 95.7 Å². The molecule has 0 bridgehead atoms. The first kappa shape index (κ1) is 11.7. The lowest BCUT2D eigenvalue weighted by molar-refractivity contribution is 0.447. The van der Waals surface area contributed by atoms with Crippen LogP contribution in [-0.4, -0.2) is 17.2 Å². The van der Waals surface area contributed by atoms with Crippen molar-refractivity contribution < 1.29 is 13.2 Å². The van der Waals surface area contributed by atoms with Crippen molar-refractivity contribution in [3.63, 3.8) is 0 Å². The lowest BCUT2D eigenvalue weighted by atomic mass is 10.1. The number of hydrogen-bond donors (Lipinski definition) is 2. The fraction of sp³-hybridized carbons (Fsp3) is 0.182. The molecule has 2 rings (SSSR count). The number of rotatable bonds is 3. The Morgan fingerprint density at radius 3 is 2.47 bits per heavy atom. The molecule has 90 valence electrons. The molecule has 3 nitrogen and oxygen atoms in total. The quantitative estimate of drug-likeness (QED) is 0.809. The van der Waals surface area contributed by atoms with E-state index in [0.717, 1.165) is 17.7 Å². The van der Waals surface area contributed by atoms with Crippen LogP contribution in [0.25, 0.3) is 11.3 Å². The summed E-state index contributed by atoms with van der Waals surface area (Å²) < 4.78 is 39.0. The second-order valence-electron chi connectivity index (χ2n) is 3.55. The lowest BCUT2D eigenvalue weighted by Crippen LogP contribution is -2.05. The molecular weight excluding hydrogens is 231 g/mol. The third-order valence-electron chi connectivity index (χ3n) is 2.36. The van der Waals surface area contributed by atoms with Crippen molar-refractivity contribution in [1.29, 1.82) is 0 Å². The van der Waals surface area contributed by atoms with Crippen molar-refractivity contribution in [3.05, 3.63) is 41.3 Å². The summed E-state index contributed by atoms with van der Waals surface area (Å²) in [4.78, 5) is 0. The first-order chi connectivity index (χ1) is 8.13. The third kappa shape index (κ3) is 2.16. The van der Waals surface area contributed by atoms with Gasteiger partial charge >= 0.3 is 0 Å². The first-order valence-electron chi connectivity index (χ1n) is 4.95. The minimum Gasteiger partial charge on any atom is -0.316 e. The van der Waals surface area contributed by atoms with Gasteiger partial charge in [0.1, 0.15) is 0 Å². The summed E-state index contributed by atoms with van der Waals surface area (Å²) in [6, 6.07) is 1.87. The number of aromatic amines is 1. The van der Waals surface area contributed by atoms with Crippen LogP contribution in [0.3, 0.4) is 0 Å². The minimum absolute atomic E-state index is 0.226. The maximum Gasteiger partial charge on any atom is 0.194 e. The van der Waals surface area contributed by atoms with Crippen LogP contribution in [0.2, 0.25) is 0 Å². The monoisotopic (exact) mass is 241 g/mol. The fourth-order valence-electron chi connectivity index (χ4n) is 1.59. The first-order valence-corrected chi connectivity index (χ1v) is 4.95. The van der Waals surface area contributed by atoms with Crippen molar-refractivity contribution in [2.75, 3.05) is 7.05 Å². The van der Waals surface area contributed by atoms with Crippen LogP contribution in [0.1, 0.15) is 5.56 Å². The van der Waals surface area contributed by atoms with E-state index < -0.39 is 17.5 Å². The molecule has 0 aliphatic rings. The number of nitrogens with one attached hydrogen (secondary N) is 2. The number of aromatic nitrogens is 2. The van der Waals surface area contributed by atoms with Crippen molar-refractivity contribution >= 4 is 0 Å². The van der Waals surface area contributed by atoms with Gasteiger partial charge in [-0.15, -0.1) is 0 Å².